The third-order valence-electron chi connectivity index (χ3n) is 1.21. The first kappa shape index (κ1) is 8.28. The van der Waals surface area contributed by atoms with Gasteiger partial charge in [0.15, 0.2) is 0 Å². The maximum atomic E-state index is 5.54. The molecule has 0 aliphatic heterocycles. The maximum Gasteiger partial charge on any atom is 0.00402 e. The zero-order valence-corrected chi connectivity index (χ0v) is 6.22. The van der Waals surface area contributed by atoms with Crippen LogP contribution in [-0.2, 0) is 0 Å². The Morgan fingerprint density at radius 3 is 2.56 bits per heavy atom. The van der Waals surface area contributed by atoms with Crippen molar-refractivity contribution in [3.8, 4) is 0 Å². The molecule has 52 valence electrons. The summed E-state index contributed by atoms with van der Waals surface area (Å²) in [5, 5.41) is 0. The first-order valence-electron chi connectivity index (χ1n) is 3.33. The van der Waals surface area contributed by atoms with Gasteiger partial charge in [-0.05, 0) is 26.7 Å². The maximum absolute atomic E-state index is 5.54. The van der Waals surface area contributed by atoms with E-state index in [1.807, 2.05) is 26.0 Å². The summed E-state index contributed by atoms with van der Waals surface area (Å²) < 4.78 is 0. The minimum absolute atomic E-state index is 0.980. The highest BCUT2D eigenvalue weighted by Gasteiger charge is 1.83. The molecule has 0 aromatic heterocycles. The fourth-order valence-corrected chi connectivity index (χ4v) is 0.561. The van der Waals surface area contributed by atoms with Gasteiger partial charge in [-0.1, -0.05) is 18.2 Å². The number of rotatable bonds is 3. The molecule has 0 radical (unpaired) electrons. The number of hydrogen-bond acceptors (Lipinski definition) is 1. The fourth-order valence-electron chi connectivity index (χ4n) is 0.561. The Labute approximate surface area is 57.3 Å². The minimum Gasteiger partial charge on any atom is -0.402 e. The first-order valence-corrected chi connectivity index (χ1v) is 3.33. The second kappa shape index (κ2) is 5.42. The van der Waals surface area contributed by atoms with E-state index in [1.165, 1.54) is 0 Å². The van der Waals surface area contributed by atoms with E-state index < -0.39 is 0 Å². The van der Waals surface area contributed by atoms with Crippen molar-refractivity contribution in [2.75, 3.05) is 0 Å². The SMILES string of the molecule is C/C=C(\N)CC/C=C/C. The van der Waals surface area contributed by atoms with Gasteiger partial charge in [-0.3, -0.25) is 0 Å². The van der Waals surface area contributed by atoms with Gasteiger partial charge in [-0.2, -0.15) is 0 Å². The zero-order chi connectivity index (χ0) is 7.11. The smallest absolute Gasteiger partial charge is 0.00402 e. The quantitative estimate of drug-likeness (QED) is 0.575. The summed E-state index contributed by atoms with van der Waals surface area (Å²) in [5.41, 5.74) is 6.52. The molecule has 0 amide bonds. The molecule has 0 heterocycles. The highest BCUT2D eigenvalue weighted by Crippen LogP contribution is 1.97. The molecule has 0 aromatic carbocycles. The van der Waals surface area contributed by atoms with Crippen LogP contribution in [0.25, 0.3) is 0 Å². The monoisotopic (exact) mass is 125 g/mol. The third-order valence-corrected chi connectivity index (χ3v) is 1.21. The molecule has 0 rings (SSSR count). The molecule has 0 atom stereocenters. The lowest BCUT2D eigenvalue weighted by molar-refractivity contribution is 0.954. The van der Waals surface area contributed by atoms with Crippen molar-refractivity contribution >= 4 is 0 Å². The van der Waals surface area contributed by atoms with Gasteiger partial charge < -0.3 is 5.73 Å². The summed E-state index contributed by atoms with van der Waals surface area (Å²) in [5.74, 6) is 0. The molecule has 1 nitrogen and oxygen atoms in total. The largest absolute Gasteiger partial charge is 0.402 e. The first-order chi connectivity index (χ1) is 4.31. The predicted molar refractivity (Wildman–Crippen MR) is 42.0 cm³/mol. The van der Waals surface area contributed by atoms with Gasteiger partial charge in [-0.25, -0.2) is 0 Å². The second-order valence-electron chi connectivity index (χ2n) is 1.97. The van der Waals surface area contributed by atoms with E-state index in [4.69, 9.17) is 5.73 Å². The van der Waals surface area contributed by atoms with Gasteiger partial charge in [-0.15, -0.1) is 0 Å². The molecule has 0 saturated heterocycles. The van der Waals surface area contributed by atoms with Gasteiger partial charge in [0.05, 0.1) is 0 Å². The van der Waals surface area contributed by atoms with Crippen LogP contribution in [0.1, 0.15) is 26.7 Å². The third kappa shape index (κ3) is 5.15. The Kier molecular flexibility index (Phi) is 4.98. The highest BCUT2D eigenvalue weighted by molar-refractivity contribution is 4.95. The van der Waals surface area contributed by atoms with Gasteiger partial charge in [0.25, 0.3) is 0 Å². The topological polar surface area (TPSA) is 26.0 Å². The molecule has 0 aliphatic carbocycles. The lowest BCUT2D eigenvalue weighted by atomic mass is 10.2. The van der Waals surface area contributed by atoms with Crippen LogP contribution in [0.3, 0.4) is 0 Å². The van der Waals surface area contributed by atoms with Gasteiger partial charge >= 0.3 is 0 Å². The summed E-state index contributed by atoms with van der Waals surface area (Å²) in [6.45, 7) is 3.98. The molecule has 0 aliphatic rings. The lowest BCUT2D eigenvalue weighted by Crippen LogP contribution is -1.94. The van der Waals surface area contributed by atoms with Crippen LogP contribution in [0.4, 0.5) is 0 Å². The van der Waals surface area contributed by atoms with E-state index in [0.29, 0.717) is 0 Å². The van der Waals surface area contributed by atoms with Crippen molar-refractivity contribution in [2.24, 2.45) is 5.73 Å². The second-order valence-corrected chi connectivity index (χ2v) is 1.97. The molecule has 0 bridgehead atoms. The fraction of sp³-hybridized carbons (Fsp3) is 0.500. The Morgan fingerprint density at radius 2 is 2.11 bits per heavy atom. The van der Waals surface area contributed by atoms with Crippen LogP contribution in [-0.4, -0.2) is 0 Å². The van der Waals surface area contributed by atoms with Gasteiger partial charge in [0.1, 0.15) is 0 Å². The molecule has 2 N–H and O–H groups in total. The molecular formula is C8H15N. The Bertz CT molecular complexity index is 112. The van der Waals surface area contributed by atoms with E-state index in [9.17, 15) is 0 Å². The average Bonchev–Trinajstić information content (AvgIpc) is 1.89. The Hall–Kier alpha value is -0.720. The molecule has 9 heavy (non-hydrogen) atoms. The highest BCUT2D eigenvalue weighted by atomic mass is 14.6. The molecular weight excluding hydrogens is 110 g/mol. The van der Waals surface area contributed by atoms with Crippen molar-refractivity contribution < 1.29 is 0 Å². The van der Waals surface area contributed by atoms with E-state index in [1.54, 1.807) is 0 Å². The molecule has 0 saturated carbocycles. The zero-order valence-electron chi connectivity index (χ0n) is 6.22. The van der Waals surface area contributed by atoms with Crippen molar-refractivity contribution in [3.63, 3.8) is 0 Å². The Morgan fingerprint density at radius 1 is 1.44 bits per heavy atom. The van der Waals surface area contributed by atoms with E-state index >= 15 is 0 Å². The minimum atomic E-state index is 0.980. The van der Waals surface area contributed by atoms with Crippen LogP contribution < -0.4 is 5.73 Å². The van der Waals surface area contributed by atoms with Crippen LogP contribution in [0.15, 0.2) is 23.9 Å². The summed E-state index contributed by atoms with van der Waals surface area (Å²) >= 11 is 0. The Balaban J connectivity index is 3.28. The van der Waals surface area contributed by atoms with Crippen molar-refractivity contribution in [2.45, 2.75) is 26.7 Å². The number of nitrogens with two attached hydrogens (primary N) is 1. The molecule has 1 heteroatoms. The molecule has 0 aromatic rings. The number of hydrogen-bond donors (Lipinski definition) is 1. The van der Waals surface area contributed by atoms with Gasteiger partial charge in [0, 0.05) is 5.70 Å². The van der Waals surface area contributed by atoms with Gasteiger partial charge in [0.2, 0.25) is 0 Å². The van der Waals surface area contributed by atoms with E-state index in [2.05, 4.69) is 6.08 Å². The summed E-state index contributed by atoms with van der Waals surface area (Å²) in [7, 11) is 0. The number of allylic oxidation sites excluding steroid dienone is 4. The predicted octanol–water partition coefficient (Wildman–Crippen LogP) is 2.21. The normalized spacial score (nSPS) is 12.9. The average molecular weight is 125 g/mol. The summed E-state index contributed by atoms with van der Waals surface area (Å²) in [4.78, 5) is 0. The van der Waals surface area contributed by atoms with Crippen molar-refractivity contribution in [1.29, 1.82) is 0 Å². The van der Waals surface area contributed by atoms with Crippen LogP contribution in [0.2, 0.25) is 0 Å². The van der Waals surface area contributed by atoms with Crippen LogP contribution in [0.5, 0.6) is 0 Å². The van der Waals surface area contributed by atoms with Crippen LogP contribution in [0, 0.1) is 0 Å². The summed E-state index contributed by atoms with van der Waals surface area (Å²) in [6, 6.07) is 0. The van der Waals surface area contributed by atoms with E-state index in [-0.39, 0.29) is 0 Å². The van der Waals surface area contributed by atoms with Crippen LogP contribution >= 0.6 is 0 Å². The lowest BCUT2D eigenvalue weighted by Gasteiger charge is -1.93. The van der Waals surface area contributed by atoms with Crippen molar-refractivity contribution in [3.05, 3.63) is 23.9 Å². The summed E-state index contributed by atoms with van der Waals surface area (Å²) in [6.07, 6.45) is 8.16. The molecule has 0 fully saturated rings. The van der Waals surface area contributed by atoms with E-state index in [0.717, 1.165) is 18.5 Å². The van der Waals surface area contributed by atoms with Crippen molar-refractivity contribution in [1.82, 2.24) is 0 Å². The standard InChI is InChI=1S/C8H15N/c1-3-5-6-7-8(9)4-2/h3-5H,6-7,9H2,1-2H3/b5-3+,8-4-. The molecule has 0 unspecified atom stereocenters. The molecule has 0 spiro atoms.